The van der Waals surface area contributed by atoms with Crippen molar-refractivity contribution in [1.29, 1.82) is 0 Å². The molecule has 106 valence electrons. The van der Waals surface area contributed by atoms with Gasteiger partial charge in [0.2, 0.25) is 0 Å². The van der Waals surface area contributed by atoms with Crippen molar-refractivity contribution in [1.82, 2.24) is 4.98 Å². The van der Waals surface area contributed by atoms with Crippen LogP contribution in [0.5, 0.6) is 0 Å². The number of hydrogen-bond donors (Lipinski definition) is 0. The number of para-hydroxylation sites is 1. The first kappa shape index (κ1) is 13.9. The van der Waals surface area contributed by atoms with Crippen LogP contribution in [0.1, 0.15) is 0 Å². The van der Waals surface area contributed by atoms with E-state index in [9.17, 15) is 8.76 Å². The molecule has 0 fully saturated rings. The normalized spacial score (nSPS) is 12.0. The van der Waals surface area contributed by atoms with E-state index in [1.54, 1.807) is 24.4 Å². The van der Waals surface area contributed by atoms with Crippen molar-refractivity contribution in [2.45, 2.75) is 0 Å². The average Bonchev–Trinajstić information content (AvgIpc) is 2.98. The fraction of sp³-hybridized carbons (Fsp3) is 0. The minimum Gasteiger partial charge on any atom is -0.755 e. The molecule has 0 saturated carbocycles. The Morgan fingerprint density at radius 2 is 1.76 bits per heavy atom. The van der Waals surface area contributed by atoms with E-state index in [0.29, 0.717) is 10.7 Å². The number of nitrogens with zero attached hydrogens (tertiary/aromatic N) is 2. The summed E-state index contributed by atoms with van der Waals surface area (Å²) < 4.78 is 24.4. The van der Waals surface area contributed by atoms with E-state index in [4.69, 9.17) is 0 Å². The van der Waals surface area contributed by atoms with Gasteiger partial charge in [0, 0.05) is 6.20 Å². The fourth-order valence-electron chi connectivity index (χ4n) is 1.93. The zero-order valence-corrected chi connectivity index (χ0v) is 12.5. The van der Waals surface area contributed by atoms with Gasteiger partial charge in [-0.05, 0) is 36.4 Å². The Balaban J connectivity index is 1.99. The number of anilines is 2. The number of thiophene rings is 1. The lowest BCUT2D eigenvalue weighted by atomic mass is 10.3. The van der Waals surface area contributed by atoms with Crippen LogP contribution in [-0.4, -0.2) is 13.7 Å². The Morgan fingerprint density at radius 1 is 1.00 bits per heavy atom. The number of pyridine rings is 1. The second-order valence-electron chi connectivity index (χ2n) is 4.20. The van der Waals surface area contributed by atoms with Crippen molar-refractivity contribution in [3.8, 4) is 10.6 Å². The average molecular weight is 315 g/mol. The standard InChI is InChI=1S/C15H12N2O2S2/c18-21(19)17(12-6-2-1-3-7-12)15-10-9-14(20-15)13-8-4-5-11-16-13/h1-11H,(H,18,19)/p-1. The number of aromatic nitrogens is 1. The van der Waals surface area contributed by atoms with Crippen molar-refractivity contribution in [3.05, 3.63) is 66.9 Å². The van der Waals surface area contributed by atoms with Crippen LogP contribution in [0.15, 0.2) is 66.9 Å². The Kier molecular flexibility index (Phi) is 4.10. The molecule has 0 aliphatic carbocycles. The molecular weight excluding hydrogens is 304 g/mol. The third-order valence-electron chi connectivity index (χ3n) is 2.85. The van der Waals surface area contributed by atoms with Gasteiger partial charge in [-0.3, -0.25) is 13.5 Å². The van der Waals surface area contributed by atoms with Crippen LogP contribution in [0.4, 0.5) is 10.7 Å². The summed E-state index contributed by atoms with van der Waals surface area (Å²) in [5.74, 6) is 0. The van der Waals surface area contributed by atoms with E-state index >= 15 is 0 Å². The molecule has 0 radical (unpaired) electrons. The van der Waals surface area contributed by atoms with E-state index in [2.05, 4.69) is 4.98 Å². The van der Waals surface area contributed by atoms with Gasteiger partial charge in [0.1, 0.15) is 5.00 Å². The van der Waals surface area contributed by atoms with Crippen LogP contribution >= 0.6 is 11.3 Å². The van der Waals surface area contributed by atoms with E-state index < -0.39 is 11.3 Å². The predicted octanol–water partition coefficient (Wildman–Crippen LogP) is 3.74. The van der Waals surface area contributed by atoms with Gasteiger partial charge in [-0.25, -0.2) is 0 Å². The molecule has 0 bridgehead atoms. The number of benzene rings is 1. The first-order valence-electron chi connectivity index (χ1n) is 6.21. The molecule has 2 aromatic heterocycles. The van der Waals surface area contributed by atoms with Gasteiger partial charge in [0.25, 0.3) is 0 Å². The molecule has 3 rings (SSSR count). The summed E-state index contributed by atoms with van der Waals surface area (Å²) in [5.41, 5.74) is 1.44. The van der Waals surface area contributed by atoms with Crippen molar-refractivity contribution in [3.63, 3.8) is 0 Å². The van der Waals surface area contributed by atoms with Crippen LogP contribution in [-0.2, 0) is 11.3 Å². The van der Waals surface area contributed by atoms with Crippen LogP contribution < -0.4 is 4.31 Å². The number of rotatable bonds is 4. The summed E-state index contributed by atoms with van der Waals surface area (Å²) in [7, 11) is 0. The van der Waals surface area contributed by atoms with E-state index in [0.717, 1.165) is 10.6 Å². The predicted molar refractivity (Wildman–Crippen MR) is 85.1 cm³/mol. The van der Waals surface area contributed by atoms with Crippen LogP contribution in [0.2, 0.25) is 0 Å². The summed E-state index contributed by atoms with van der Waals surface area (Å²) >= 11 is -0.987. The van der Waals surface area contributed by atoms with Crippen LogP contribution in [0.25, 0.3) is 10.6 Å². The summed E-state index contributed by atoms with van der Waals surface area (Å²) in [6, 6.07) is 18.3. The van der Waals surface area contributed by atoms with Crippen molar-refractivity contribution in [2.75, 3.05) is 4.31 Å². The highest BCUT2D eigenvalue weighted by molar-refractivity contribution is 7.81. The van der Waals surface area contributed by atoms with Gasteiger partial charge < -0.3 is 4.55 Å². The molecule has 2 heterocycles. The molecular formula is C15H11N2O2S2-. The van der Waals surface area contributed by atoms with Gasteiger partial charge in [0.15, 0.2) is 0 Å². The lowest BCUT2D eigenvalue weighted by Crippen LogP contribution is -2.18. The lowest BCUT2D eigenvalue weighted by Gasteiger charge is -2.24. The molecule has 21 heavy (non-hydrogen) atoms. The third kappa shape index (κ3) is 3.02. The quantitative estimate of drug-likeness (QED) is 0.689. The van der Waals surface area contributed by atoms with E-state index in [1.165, 1.54) is 15.6 Å². The first-order chi connectivity index (χ1) is 10.3. The summed E-state index contributed by atoms with van der Waals surface area (Å²) in [6.45, 7) is 0. The van der Waals surface area contributed by atoms with Crippen molar-refractivity contribution >= 4 is 33.3 Å². The third-order valence-corrected chi connectivity index (χ3v) is 4.76. The molecule has 1 aromatic carbocycles. The van der Waals surface area contributed by atoms with Gasteiger partial charge >= 0.3 is 0 Å². The zero-order chi connectivity index (χ0) is 14.7. The lowest BCUT2D eigenvalue weighted by molar-refractivity contribution is 0.537. The molecule has 1 unspecified atom stereocenters. The van der Waals surface area contributed by atoms with Crippen LogP contribution in [0.3, 0.4) is 0 Å². The van der Waals surface area contributed by atoms with Gasteiger partial charge in [0.05, 0.1) is 27.5 Å². The Bertz CT molecular complexity index is 745. The molecule has 4 nitrogen and oxygen atoms in total. The second kappa shape index (κ2) is 6.17. The SMILES string of the molecule is O=S([O-])N(c1ccccc1)c1ccc(-c2ccccn2)s1. The van der Waals surface area contributed by atoms with Crippen molar-refractivity contribution < 1.29 is 8.76 Å². The van der Waals surface area contributed by atoms with Gasteiger partial charge in [-0.15, -0.1) is 11.3 Å². The maximum absolute atomic E-state index is 11.6. The molecule has 0 amide bonds. The molecule has 0 saturated heterocycles. The molecule has 3 aromatic rings. The largest absolute Gasteiger partial charge is 0.755 e. The molecule has 6 heteroatoms. The van der Waals surface area contributed by atoms with Crippen molar-refractivity contribution in [2.24, 2.45) is 0 Å². The fourth-order valence-corrected chi connectivity index (χ4v) is 3.64. The molecule has 0 N–H and O–H groups in total. The summed E-state index contributed by atoms with van der Waals surface area (Å²) in [4.78, 5) is 5.20. The highest BCUT2D eigenvalue weighted by atomic mass is 32.2. The number of hydrogen-bond acceptors (Lipinski definition) is 4. The zero-order valence-electron chi connectivity index (χ0n) is 10.9. The van der Waals surface area contributed by atoms with Gasteiger partial charge in [-0.1, -0.05) is 24.3 Å². The van der Waals surface area contributed by atoms with E-state index in [1.807, 2.05) is 42.5 Å². The smallest absolute Gasteiger partial charge is 0.108 e. The van der Waals surface area contributed by atoms with Crippen LogP contribution in [0, 0.1) is 0 Å². The monoisotopic (exact) mass is 315 g/mol. The summed E-state index contributed by atoms with van der Waals surface area (Å²) in [5, 5.41) is 0.634. The maximum Gasteiger partial charge on any atom is 0.108 e. The topological polar surface area (TPSA) is 56.3 Å². The Morgan fingerprint density at radius 3 is 2.43 bits per heavy atom. The van der Waals surface area contributed by atoms with Gasteiger partial charge in [-0.2, -0.15) is 0 Å². The molecule has 1 atom stereocenters. The van der Waals surface area contributed by atoms with E-state index in [-0.39, 0.29) is 0 Å². The second-order valence-corrected chi connectivity index (χ2v) is 6.06. The Hall–Kier alpha value is -2.02. The molecule has 0 aliphatic heterocycles. The Labute approximate surface area is 129 Å². The highest BCUT2D eigenvalue weighted by Gasteiger charge is 2.13. The molecule has 0 aliphatic rings. The minimum atomic E-state index is -2.38. The first-order valence-corrected chi connectivity index (χ1v) is 8.06. The minimum absolute atomic E-state index is 0.611. The molecule has 0 spiro atoms. The maximum atomic E-state index is 11.6. The highest BCUT2D eigenvalue weighted by Crippen LogP contribution is 2.36. The summed E-state index contributed by atoms with van der Waals surface area (Å²) in [6.07, 6.45) is 1.72.